The maximum absolute atomic E-state index is 11.9. The average molecular weight is 324 g/mol. The Hall–Kier alpha value is -3.20. The van der Waals surface area contributed by atoms with Crippen molar-refractivity contribution >= 4 is 11.1 Å². The molecule has 0 aliphatic heterocycles. The minimum absolute atomic E-state index is 0.273. The summed E-state index contributed by atoms with van der Waals surface area (Å²) >= 11 is 0. The highest BCUT2D eigenvalue weighted by atomic mass is 16.5. The van der Waals surface area contributed by atoms with E-state index in [9.17, 15) is 4.79 Å². The smallest absolute Gasteiger partial charge is 0.420 e. The first-order chi connectivity index (χ1) is 11.7. The number of nitrogens with zero attached hydrogens (tertiary/aromatic N) is 2. The van der Waals surface area contributed by atoms with Crippen LogP contribution in [0, 0.1) is 11.3 Å². The molecule has 0 saturated carbocycles. The van der Waals surface area contributed by atoms with Gasteiger partial charge in [0.2, 0.25) is 0 Å². The van der Waals surface area contributed by atoms with E-state index in [1.165, 1.54) is 4.57 Å². The van der Waals surface area contributed by atoms with E-state index >= 15 is 0 Å². The van der Waals surface area contributed by atoms with Gasteiger partial charge in [-0.2, -0.15) is 5.26 Å². The molecule has 122 valence electrons. The van der Waals surface area contributed by atoms with Crippen molar-refractivity contribution in [1.29, 1.82) is 5.26 Å². The molecule has 0 aliphatic carbocycles. The summed E-state index contributed by atoms with van der Waals surface area (Å²) < 4.78 is 17.9. The van der Waals surface area contributed by atoms with Gasteiger partial charge in [0.25, 0.3) is 0 Å². The predicted molar refractivity (Wildman–Crippen MR) is 88.3 cm³/mol. The van der Waals surface area contributed by atoms with Gasteiger partial charge in [-0.3, -0.25) is 4.57 Å². The number of hydrogen-bond donors (Lipinski definition) is 0. The Morgan fingerprint density at radius 2 is 2.00 bits per heavy atom. The van der Waals surface area contributed by atoms with E-state index in [0.717, 1.165) is 5.52 Å². The van der Waals surface area contributed by atoms with E-state index in [1.54, 1.807) is 24.3 Å². The molecule has 6 heteroatoms. The summed E-state index contributed by atoms with van der Waals surface area (Å²) in [5.41, 5.74) is 1.79. The van der Waals surface area contributed by atoms with Gasteiger partial charge < -0.3 is 13.9 Å². The Morgan fingerprint density at radius 1 is 1.17 bits per heavy atom. The molecule has 0 amide bonds. The van der Waals surface area contributed by atoms with Crippen LogP contribution < -0.4 is 15.2 Å². The molecule has 0 bridgehead atoms. The highest BCUT2D eigenvalue weighted by Crippen LogP contribution is 2.28. The van der Waals surface area contributed by atoms with Crippen LogP contribution in [0.2, 0.25) is 0 Å². The van der Waals surface area contributed by atoms with Gasteiger partial charge in [-0.05, 0) is 31.2 Å². The molecule has 0 fully saturated rings. The van der Waals surface area contributed by atoms with Gasteiger partial charge in [-0.25, -0.2) is 4.79 Å². The average Bonchev–Trinajstić information content (AvgIpc) is 2.92. The van der Waals surface area contributed by atoms with E-state index in [0.29, 0.717) is 35.8 Å². The fourth-order valence-corrected chi connectivity index (χ4v) is 2.44. The molecular weight excluding hydrogens is 308 g/mol. The summed E-state index contributed by atoms with van der Waals surface area (Å²) in [6, 6.07) is 14.3. The van der Waals surface area contributed by atoms with Gasteiger partial charge in [0.05, 0.1) is 30.3 Å². The highest BCUT2D eigenvalue weighted by Gasteiger charge is 2.10. The van der Waals surface area contributed by atoms with Crippen LogP contribution in [0.4, 0.5) is 0 Å². The van der Waals surface area contributed by atoms with E-state index in [1.807, 2.05) is 25.1 Å². The maximum Gasteiger partial charge on any atom is 0.420 e. The SMILES string of the molecule is CCOc1cc(C#N)ccc1OCCn1c(=O)oc2ccccc21. The normalized spacial score (nSPS) is 10.5. The molecule has 3 rings (SSSR count). The third-order valence-corrected chi connectivity index (χ3v) is 3.52. The topological polar surface area (TPSA) is 77.4 Å². The zero-order valence-corrected chi connectivity index (χ0v) is 13.2. The van der Waals surface area contributed by atoms with Crippen molar-refractivity contribution in [3.8, 4) is 17.6 Å². The van der Waals surface area contributed by atoms with Crippen molar-refractivity contribution in [3.63, 3.8) is 0 Å². The zero-order valence-electron chi connectivity index (χ0n) is 13.2. The number of rotatable bonds is 6. The van der Waals surface area contributed by atoms with Crippen LogP contribution in [0.3, 0.4) is 0 Å². The lowest BCUT2D eigenvalue weighted by Crippen LogP contribution is -2.18. The van der Waals surface area contributed by atoms with E-state index < -0.39 is 5.76 Å². The Morgan fingerprint density at radius 3 is 2.79 bits per heavy atom. The molecule has 6 nitrogen and oxygen atoms in total. The number of para-hydroxylation sites is 2. The van der Waals surface area contributed by atoms with Crippen LogP contribution in [0.15, 0.2) is 51.7 Å². The zero-order chi connectivity index (χ0) is 16.9. The summed E-state index contributed by atoms with van der Waals surface area (Å²) in [6.07, 6.45) is 0. The summed E-state index contributed by atoms with van der Waals surface area (Å²) in [5, 5.41) is 8.96. The summed E-state index contributed by atoms with van der Waals surface area (Å²) in [4.78, 5) is 11.9. The van der Waals surface area contributed by atoms with Crippen molar-refractivity contribution in [2.75, 3.05) is 13.2 Å². The fourth-order valence-electron chi connectivity index (χ4n) is 2.44. The number of fused-ring (bicyclic) bond motifs is 1. The van der Waals surface area contributed by atoms with Gasteiger partial charge in [0.15, 0.2) is 17.1 Å². The summed E-state index contributed by atoms with van der Waals surface area (Å²) in [5.74, 6) is 0.641. The number of nitriles is 1. The number of ether oxygens (including phenoxy) is 2. The third-order valence-electron chi connectivity index (χ3n) is 3.52. The molecule has 3 aromatic rings. The van der Waals surface area contributed by atoms with Crippen molar-refractivity contribution in [2.24, 2.45) is 0 Å². The first-order valence-corrected chi connectivity index (χ1v) is 7.61. The number of oxazole rings is 1. The molecule has 1 aromatic heterocycles. The van der Waals surface area contributed by atoms with Gasteiger partial charge in [-0.1, -0.05) is 12.1 Å². The van der Waals surface area contributed by atoms with Crippen molar-refractivity contribution < 1.29 is 13.9 Å². The molecule has 0 N–H and O–H groups in total. The number of benzene rings is 2. The lowest BCUT2D eigenvalue weighted by molar-refractivity contribution is 0.264. The Balaban J connectivity index is 1.75. The second-order valence-corrected chi connectivity index (χ2v) is 5.04. The molecule has 0 saturated heterocycles. The molecule has 24 heavy (non-hydrogen) atoms. The van der Waals surface area contributed by atoms with E-state index in [4.69, 9.17) is 19.2 Å². The first kappa shape index (κ1) is 15.7. The molecule has 0 unspecified atom stereocenters. The lowest BCUT2D eigenvalue weighted by atomic mass is 10.2. The maximum atomic E-state index is 11.9. The fraction of sp³-hybridized carbons (Fsp3) is 0.222. The highest BCUT2D eigenvalue weighted by molar-refractivity contribution is 5.72. The quantitative estimate of drug-likeness (QED) is 0.696. The molecule has 2 aromatic carbocycles. The molecule has 0 aliphatic rings. The van der Waals surface area contributed by atoms with Crippen LogP contribution in [0.5, 0.6) is 11.5 Å². The molecule has 0 radical (unpaired) electrons. The largest absolute Gasteiger partial charge is 0.490 e. The molecule has 0 atom stereocenters. The Bertz CT molecular complexity index is 950. The summed E-state index contributed by atoms with van der Waals surface area (Å²) in [6.45, 7) is 2.95. The predicted octanol–water partition coefficient (Wildman–Crippen LogP) is 2.94. The van der Waals surface area contributed by atoms with E-state index in [2.05, 4.69) is 6.07 Å². The van der Waals surface area contributed by atoms with Gasteiger partial charge >= 0.3 is 5.76 Å². The molecule has 1 heterocycles. The lowest BCUT2D eigenvalue weighted by Gasteiger charge is -2.12. The minimum Gasteiger partial charge on any atom is -0.490 e. The first-order valence-electron chi connectivity index (χ1n) is 7.61. The second-order valence-electron chi connectivity index (χ2n) is 5.04. The number of hydrogen-bond acceptors (Lipinski definition) is 5. The minimum atomic E-state index is -0.412. The number of aromatic nitrogens is 1. The van der Waals surface area contributed by atoms with Gasteiger partial charge in [-0.15, -0.1) is 0 Å². The second kappa shape index (κ2) is 6.92. The van der Waals surface area contributed by atoms with Crippen LogP contribution in [0.25, 0.3) is 11.1 Å². The standard InChI is InChI=1S/C18H16N2O4/c1-2-22-17-11-13(12-19)7-8-16(17)23-10-9-20-14-5-3-4-6-15(14)24-18(20)21/h3-8,11H,2,9-10H2,1H3. The Kier molecular flexibility index (Phi) is 4.52. The van der Waals surface area contributed by atoms with E-state index in [-0.39, 0.29) is 6.61 Å². The Labute approximate surface area is 138 Å². The van der Waals surface area contributed by atoms with Crippen molar-refractivity contribution in [2.45, 2.75) is 13.5 Å². The van der Waals surface area contributed by atoms with Crippen LogP contribution in [-0.2, 0) is 6.54 Å². The van der Waals surface area contributed by atoms with Crippen LogP contribution in [0.1, 0.15) is 12.5 Å². The van der Waals surface area contributed by atoms with Crippen molar-refractivity contribution in [1.82, 2.24) is 4.57 Å². The monoisotopic (exact) mass is 324 g/mol. The van der Waals surface area contributed by atoms with Crippen molar-refractivity contribution in [3.05, 3.63) is 58.6 Å². The van der Waals surface area contributed by atoms with Gasteiger partial charge in [0, 0.05) is 6.07 Å². The molecule has 0 spiro atoms. The molecular formula is C18H16N2O4. The van der Waals surface area contributed by atoms with Gasteiger partial charge in [0.1, 0.15) is 6.61 Å². The van der Waals surface area contributed by atoms with Crippen LogP contribution in [-0.4, -0.2) is 17.8 Å². The van der Waals surface area contributed by atoms with Crippen LogP contribution >= 0.6 is 0 Å². The third kappa shape index (κ3) is 3.10. The summed E-state index contributed by atoms with van der Waals surface area (Å²) in [7, 11) is 0.